The second kappa shape index (κ2) is 9.68. The van der Waals surface area contributed by atoms with Crippen molar-refractivity contribution < 1.29 is 24.2 Å². The highest BCUT2D eigenvalue weighted by atomic mass is 32.1. The first kappa shape index (κ1) is 23.5. The van der Waals surface area contributed by atoms with Gasteiger partial charge in [-0.05, 0) is 38.5 Å². The van der Waals surface area contributed by atoms with Crippen LogP contribution in [-0.4, -0.2) is 57.0 Å². The second-order valence-electron chi connectivity index (χ2n) is 7.90. The lowest BCUT2D eigenvalue weighted by molar-refractivity contribution is -0.129. The van der Waals surface area contributed by atoms with Crippen molar-refractivity contribution in [1.82, 2.24) is 19.4 Å². The fourth-order valence-electron chi connectivity index (χ4n) is 4.20. The zero-order valence-corrected chi connectivity index (χ0v) is 20.3. The van der Waals surface area contributed by atoms with Gasteiger partial charge in [-0.2, -0.15) is 0 Å². The standard InChI is InChI=1S/C24H26N4O5S/c1-14-23(34-15(2)26-14)21(29)19-20(17-12-16(32-3)6-7-18(17)33-4)28(24(31)22(19)30)10-5-9-27-11-8-25-13-27/h6-8,11-13,20,30H,5,9-10H2,1-4H3. The number of Topliss-reactive ketones (excluding diaryl/α,β-unsaturated/α-hetero) is 1. The second-order valence-corrected chi connectivity index (χ2v) is 9.11. The van der Waals surface area contributed by atoms with Crippen LogP contribution in [0.25, 0.3) is 0 Å². The van der Waals surface area contributed by atoms with Crippen molar-refractivity contribution in [2.75, 3.05) is 20.8 Å². The molecular weight excluding hydrogens is 456 g/mol. The highest BCUT2D eigenvalue weighted by Crippen LogP contribution is 2.44. The van der Waals surface area contributed by atoms with Gasteiger partial charge < -0.3 is 24.0 Å². The van der Waals surface area contributed by atoms with Crippen molar-refractivity contribution in [3.63, 3.8) is 0 Å². The molecule has 178 valence electrons. The summed E-state index contributed by atoms with van der Waals surface area (Å²) in [6, 6.07) is 4.36. The predicted molar refractivity (Wildman–Crippen MR) is 126 cm³/mol. The Labute approximate surface area is 201 Å². The molecule has 0 saturated heterocycles. The third-order valence-electron chi connectivity index (χ3n) is 5.76. The van der Waals surface area contributed by atoms with Crippen LogP contribution in [0, 0.1) is 13.8 Å². The van der Waals surface area contributed by atoms with E-state index in [9.17, 15) is 14.7 Å². The van der Waals surface area contributed by atoms with Gasteiger partial charge in [0.2, 0.25) is 5.78 Å². The SMILES string of the molecule is COc1ccc(OC)c(C2C(C(=O)c3sc(C)nc3C)=C(O)C(=O)N2CCCn2ccnc2)c1. The third kappa shape index (κ3) is 4.28. The van der Waals surface area contributed by atoms with Crippen LogP contribution in [0.1, 0.15) is 38.4 Å². The van der Waals surface area contributed by atoms with Crippen molar-refractivity contribution >= 4 is 23.0 Å². The highest BCUT2D eigenvalue weighted by Gasteiger charge is 2.45. The van der Waals surface area contributed by atoms with Crippen molar-refractivity contribution in [3.8, 4) is 11.5 Å². The molecule has 1 aromatic carbocycles. The van der Waals surface area contributed by atoms with Crippen LogP contribution in [0.5, 0.6) is 11.5 Å². The Morgan fingerprint density at radius 2 is 2.00 bits per heavy atom. The maximum Gasteiger partial charge on any atom is 0.290 e. The van der Waals surface area contributed by atoms with E-state index in [4.69, 9.17) is 9.47 Å². The Morgan fingerprint density at radius 1 is 1.21 bits per heavy atom. The van der Waals surface area contributed by atoms with Crippen LogP contribution in [-0.2, 0) is 11.3 Å². The minimum Gasteiger partial charge on any atom is -0.503 e. The van der Waals surface area contributed by atoms with E-state index >= 15 is 0 Å². The van der Waals surface area contributed by atoms with E-state index in [0.29, 0.717) is 47.1 Å². The van der Waals surface area contributed by atoms with Gasteiger partial charge >= 0.3 is 0 Å². The Kier molecular flexibility index (Phi) is 6.69. The lowest BCUT2D eigenvalue weighted by atomic mass is 9.94. The van der Waals surface area contributed by atoms with E-state index in [2.05, 4.69) is 9.97 Å². The summed E-state index contributed by atoms with van der Waals surface area (Å²) in [4.78, 5) is 37.2. The molecule has 4 rings (SSSR count). The van der Waals surface area contributed by atoms with Gasteiger partial charge in [-0.1, -0.05) is 0 Å². The Hall–Kier alpha value is -3.66. The largest absolute Gasteiger partial charge is 0.503 e. The summed E-state index contributed by atoms with van der Waals surface area (Å²) in [5.74, 6) is -0.531. The summed E-state index contributed by atoms with van der Waals surface area (Å²) in [5, 5.41) is 11.7. The monoisotopic (exact) mass is 482 g/mol. The van der Waals surface area contributed by atoms with Crippen LogP contribution in [0.3, 0.4) is 0 Å². The number of carbonyl (C=O) groups is 2. The number of hydrogen-bond donors (Lipinski definition) is 1. The number of thiazole rings is 1. The molecule has 0 spiro atoms. The summed E-state index contributed by atoms with van der Waals surface area (Å²) >= 11 is 1.24. The lowest BCUT2D eigenvalue weighted by Gasteiger charge is -2.28. The average Bonchev–Trinajstić information content (AvgIpc) is 3.53. The number of carbonyl (C=O) groups excluding carboxylic acids is 2. The van der Waals surface area contributed by atoms with E-state index in [1.165, 1.54) is 30.5 Å². The number of imidazole rings is 1. The Bertz CT molecular complexity index is 1250. The topological polar surface area (TPSA) is 107 Å². The number of hydrogen-bond acceptors (Lipinski definition) is 8. The average molecular weight is 483 g/mol. The van der Waals surface area contributed by atoms with Gasteiger partial charge in [0.15, 0.2) is 5.76 Å². The Balaban J connectivity index is 1.78. The highest BCUT2D eigenvalue weighted by molar-refractivity contribution is 7.14. The van der Waals surface area contributed by atoms with E-state index < -0.39 is 23.5 Å². The van der Waals surface area contributed by atoms with Crippen LogP contribution < -0.4 is 9.47 Å². The number of rotatable bonds is 9. The number of aromatic nitrogens is 3. The lowest BCUT2D eigenvalue weighted by Crippen LogP contribution is -2.32. The number of ether oxygens (including phenoxy) is 2. The third-order valence-corrected chi connectivity index (χ3v) is 6.84. The van der Waals surface area contributed by atoms with Gasteiger partial charge in [-0.3, -0.25) is 9.59 Å². The summed E-state index contributed by atoms with van der Waals surface area (Å²) in [6.07, 6.45) is 5.83. The molecule has 1 aliphatic rings. The molecule has 1 unspecified atom stereocenters. The molecule has 1 aliphatic heterocycles. The maximum absolute atomic E-state index is 13.7. The zero-order chi connectivity index (χ0) is 24.4. The van der Waals surface area contributed by atoms with Gasteiger partial charge in [0.25, 0.3) is 5.91 Å². The molecule has 3 aromatic rings. The molecule has 3 heterocycles. The normalized spacial score (nSPS) is 15.8. The van der Waals surface area contributed by atoms with Crippen molar-refractivity contribution in [1.29, 1.82) is 0 Å². The number of aryl methyl sites for hydroxylation is 3. The van der Waals surface area contributed by atoms with Crippen LogP contribution >= 0.6 is 11.3 Å². The van der Waals surface area contributed by atoms with Crippen molar-refractivity contribution in [2.45, 2.75) is 32.9 Å². The first-order valence-corrected chi connectivity index (χ1v) is 11.6. The number of methoxy groups -OCH3 is 2. The van der Waals surface area contributed by atoms with Crippen LogP contribution in [0.2, 0.25) is 0 Å². The van der Waals surface area contributed by atoms with E-state index in [0.717, 1.165) is 5.01 Å². The number of nitrogens with zero attached hydrogens (tertiary/aromatic N) is 4. The molecule has 0 bridgehead atoms. The number of benzene rings is 1. The predicted octanol–water partition coefficient (Wildman–Crippen LogP) is 3.64. The molecule has 1 N–H and O–H groups in total. The quantitative estimate of drug-likeness (QED) is 0.464. The van der Waals surface area contributed by atoms with Gasteiger partial charge in [-0.15, -0.1) is 11.3 Å². The summed E-state index contributed by atoms with van der Waals surface area (Å²) < 4.78 is 12.9. The van der Waals surface area contributed by atoms with Gasteiger partial charge in [-0.25, -0.2) is 9.97 Å². The van der Waals surface area contributed by atoms with Gasteiger partial charge in [0.1, 0.15) is 11.5 Å². The molecule has 0 saturated carbocycles. The summed E-state index contributed by atoms with van der Waals surface area (Å²) in [7, 11) is 3.06. The molecule has 0 radical (unpaired) electrons. The number of amides is 1. The number of aliphatic hydroxyl groups is 1. The van der Waals surface area contributed by atoms with Gasteiger partial charge in [0, 0.05) is 31.0 Å². The fourth-order valence-corrected chi connectivity index (χ4v) is 5.07. The summed E-state index contributed by atoms with van der Waals surface area (Å²) in [6.45, 7) is 4.50. The Morgan fingerprint density at radius 3 is 2.62 bits per heavy atom. The molecule has 0 aliphatic carbocycles. The van der Waals surface area contributed by atoms with Crippen molar-refractivity contribution in [2.24, 2.45) is 0 Å². The molecule has 34 heavy (non-hydrogen) atoms. The first-order valence-electron chi connectivity index (χ1n) is 10.8. The number of ketones is 1. The molecule has 1 atom stereocenters. The van der Waals surface area contributed by atoms with Crippen molar-refractivity contribution in [3.05, 3.63) is 69.4 Å². The van der Waals surface area contributed by atoms with E-state index in [-0.39, 0.29) is 5.57 Å². The van der Waals surface area contributed by atoms with Gasteiger partial charge in [0.05, 0.1) is 47.7 Å². The zero-order valence-electron chi connectivity index (χ0n) is 19.4. The first-order chi connectivity index (χ1) is 16.3. The molecule has 9 nitrogen and oxygen atoms in total. The molecule has 1 amide bonds. The maximum atomic E-state index is 13.7. The molecular formula is C24H26N4O5S. The minimum atomic E-state index is -0.838. The van der Waals surface area contributed by atoms with Crippen LogP contribution in [0.4, 0.5) is 0 Å². The number of aliphatic hydroxyl groups excluding tert-OH is 1. The van der Waals surface area contributed by atoms with E-state index in [1.54, 1.807) is 37.6 Å². The smallest absolute Gasteiger partial charge is 0.290 e. The van der Waals surface area contributed by atoms with E-state index in [1.807, 2.05) is 17.7 Å². The summed E-state index contributed by atoms with van der Waals surface area (Å²) in [5.41, 5.74) is 1.14. The molecule has 2 aromatic heterocycles. The fraction of sp³-hybridized carbons (Fsp3) is 0.333. The van der Waals surface area contributed by atoms with Crippen LogP contribution in [0.15, 0.2) is 48.3 Å². The molecule has 0 fully saturated rings. The molecule has 10 heteroatoms. The minimum absolute atomic E-state index is 0.0194.